The number of carbonyl (C=O) groups is 1. The van der Waals surface area contributed by atoms with Crippen LogP contribution in [0.3, 0.4) is 0 Å². The number of nitrogens with zero attached hydrogens (tertiary/aromatic N) is 1. The van der Waals surface area contributed by atoms with Gasteiger partial charge in [-0.2, -0.15) is 0 Å². The SMILES string of the molecule is C[C@@H]1[C@@H]2C(C(N)=O)[C@@H]2CN1C(C)(C)C. The Bertz CT molecular complexity index is 269. The summed E-state index contributed by atoms with van der Waals surface area (Å²) in [5.74, 6) is 1.15. The molecule has 0 bridgehead atoms. The van der Waals surface area contributed by atoms with Crippen LogP contribution in [-0.4, -0.2) is 28.9 Å². The number of piperidine rings is 1. The molecular formula is C11H20N2O. The second-order valence-corrected chi connectivity index (χ2v) is 5.73. The van der Waals surface area contributed by atoms with Gasteiger partial charge in [0.25, 0.3) is 0 Å². The maximum Gasteiger partial charge on any atom is 0.221 e. The fraction of sp³-hybridized carbons (Fsp3) is 0.909. The number of likely N-dealkylation sites (tertiary alicyclic amines) is 1. The summed E-state index contributed by atoms with van der Waals surface area (Å²) < 4.78 is 0. The summed E-state index contributed by atoms with van der Waals surface area (Å²) in [6, 6.07) is 0.512. The van der Waals surface area contributed by atoms with E-state index in [1.807, 2.05) is 0 Å². The van der Waals surface area contributed by atoms with Gasteiger partial charge in [-0.3, -0.25) is 9.69 Å². The molecule has 0 aromatic carbocycles. The number of hydrogen-bond acceptors (Lipinski definition) is 2. The van der Waals surface area contributed by atoms with E-state index in [4.69, 9.17) is 5.73 Å². The van der Waals surface area contributed by atoms with Crippen molar-refractivity contribution >= 4 is 5.91 Å². The standard InChI is InChI=1S/C11H20N2O/c1-6-8-7(9(8)10(12)14)5-13(6)11(2,3)4/h6-9H,5H2,1-4H3,(H2,12,14)/t6-,7-,8+,9?/m1/s1. The lowest BCUT2D eigenvalue weighted by Gasteiger charge is -2.38. The largest absolute Gasteiger partial charge is 0.369 e. The molecule has 0 aromatic heterocycles. The zero-order valence-corrected chi connectivity index (χ0v) is 9.45. The number of hydrogen-bond donors (Lipinski definition) is 1. The van der Waals surface area contributed by atoms with E-state index in [1.54, 1.807) is 0 Å². The molecule has 1 heterocycles. The van der Waals surface area contributed by atoms with Crippen molar-refractivity contribution in [2.24, 2.45) is 23.5 Å². The number of amides is 1. The fourth-order valence-electron chi connectivity index (χ4n) is 3.18. The third-order valence-electron chi connectivity index (χ3n) is 3.88. The summed E-state index contributed by atoms with van der Waals surface area (Å²) in [6.45, 7) is 9.95. The van der Waals surface area contributed by atoms with Gasteiger partial charge in [-0.05, 0) is 39.5 Å². The van der Waals surface area contributed by atoms with Gasteiger partial charge in [-0.25, -0.2) is 0 Å². The van der Waals surface area contributed by atoms with E-state index in [2.05, 4.69) is 32.6 Å². The molecule has 1 aliphatic heterocycles. The maximum atomic E-state index is 11.1. The summed E-state index contributed by atoms with van der Waals surface area (Å²) in [5.41, 5.74) is 5.56. The first-order valence-corrected chi connectivity index (χ1v) is 5.40. The average Bonchev–Trinajstić information content (AvgIpc) is 2.62. The lowest BCUT2D eigenvalue weighted by molar-refractivity contribution is -0.120. The Kier molecular flexibility index (Phi) is 1.94. The normalized spacial score (nSPS) is 42.3. The third-order valence-corrected chi connectivity index (χ3v) is 3.88. The van der Waals surface area contributed by atoms with Gasteiger partial charge in [0.2, 0.25) is 5.91 Å². The molecule has 2 N–H and O–H groups in total. The average molecular weight is 196 g/mol. The van der Waals surface area contributed by atoms with Crippen LogP contribution < -0.4 is 5.73 Å². The monoisotopic (exact) mass is 196 g/mol. The number of nitrogens with two attached hydrogens (primary N) is 1. The molecule has 3 heteroatoms. The van der Waals surface area contributed by atoms with Crippen molar-refractivity contribution in [2.75, 3.05) is 6.54 Å². The summed E-state index contributed by atoms with van der Waals surface area (Å²) in [6.07, 6.45) is 0. The predicted molar refractivity (Wildman–Crippen MR) is 55.6 cm³/mol. The minimum absolute atomic E-state index is 0.0968. The van der Waals surface area contributed by atoms with E-state index >= 15 is 0 Å². The van der Waals surface area contributed by atoms with Gasteiger partial charge in [0, 0.05) is 24.0 Å². The second-order valence-electron chi connectivity index (χ2n) is 5.73. The Morgan fingerprint density at radius 2 is 2.00 bits per heavy atom. The highest BCUT2D eigenvalue weighted by Gasteiger charge is 2.63. The molecule has 1 saturated carbocycles. The quantitative estimate of drug-likeness (QED) is 0.675. The van der Waals surface area contributed by atoms with Gasteiger partial charge in [0.1, 0.15) is 0 Å². The van der Waals surface area contributed by atoms with E-state index < -0.39 is 0 Å². The summed E-state index contributed by atoms with van der Waals surface area (Å²) >= 11 is 0. The Labute approximate surface area is 85.6 Å². The molecule has 2 rings (SSSR count). The van der Waals surface area contributed by atoms with Crippen LogP contribution in [0.5, 0.6) is 0 Å². The Balaban J connectivity index is 2.05. The first-order valence-electron chi connectivity index (χ1n) is 5.40. The number of fused-ring (bicyclic) bond motifs is 1. The molecule has 0 spiro atoms. The number of carbonyl (C=O) groups excluding carboxylic acids is 1. The Morgan fingerprint density at radius 1 is 1.43 bits per heavy atom. The van der Waals surface area contributed by atoms with Crippen LogP contribution in [0.25, 0.3) is 0 Å². The van der Waals surface area contributed by atoms with Crippen LogP contribution in [-0.2, 0) is 4.79 Å². The molecule has 4 atom stereocenters. The van der Waals surface area contributed by atoms with Gasteiger partial charge in [-0.15, -0.1) is 0 Å². The maximum absolute atomic E-state index is 11.1. The van der Waals surface area contributed by atoms with Crippen molar-refractivity contribution in [1.29, 1.82) is 0 Å². The van der Waals surface area contributed by atoms with E-state index in [0.717, 1.165) is 6.54 Å². The first kappa shape index (κ1) is 9.97. The van der Waals surface area contributed by atoms with Crippen molar-refractivity contribution < 1.29 is 4.79 Å². The highest BCUT2D eigenvalue weighted by molar-refractivity contribution is 5.81. The number of primary amides is 1. The van der Waals surface area contributed by atoms with Gasteiger partial charge < -0.3 is 5.73 Å². The summed E-state index contributed by atoms with van der Waals surface area (Å²) in [7, 11) is 0. The van der Waals surface area contributed by atoms with Crippen molar-refractivity contribution in [3.63, 3.8) is 0 Å². The molecule has 0 aromatic rings. The molecule has 1 saturated heterocycles. The van der Waals surface area contributed by atoms with E-state index in [1.165, 1.54) is 0 Å². The van der Waals surface area contributed by atoms with Gasteiger partial charge in [0.15, 0.2) is 0 Å². The topological polar surface area (TPSA) is 46.3 Å². The zero-order chi connectivity index (χ0) is 10.7. The van der Waals surface area contributed by atoms with Gasteiger partial charge >= 0.3 is 0 Å². The Hall–Kier alpha value is -0.570. The highest BCUT2D eigenvalue weighted by Crippen LogP contribution is 2.56. The molecule has 1 amide bonds. The lowest BCUT2D eigenvalue weighted by atomic mass is 10.0. The van der Waals surface area contributed by atoms with Gasteiger partial charge in [0.05, 0.1) is 0 Å². The van der Waals surface area contributed by atoms with Gasteiger partial charge in [-0.1, -0.05) is 0 Å². The predicted octanol–water partition coefficient (Wildman–Crippen LogP) is 0.836. The van der Waals surface area contributed by atoms with Crippen LogP contribution in [0.4, 0.5) is 0 Å². The van der Waals surface area contributed by atoms with E-state index in [-0.39, 0.29) is 17.4 Å². The van der Waals surface area contributed by atoms with Crippen LogP contribution in [0.15, 0.2) is 0 Å². The molecule has 1 unspecified atom stereocenters. The second kappa shape index (κ2) is 2.72. The van der Waals surface area contributed by atoms with Crippen molar-refractivity contribution in [3.8, 4) is 0 Å². The zero-order valence-electron chi connectivity index (χ0n) is 9.45. The van der Waals surface area contributed by atoms with Crippen LogP contribution in [0, 0.1) is 17.8 Å². The fourth-order valence-corrected chi connectivity index (χ4v) is 3.18. The molecule has 3 nitrogen and oxygen atoms in total. The molecule has 2 fully saturated rings. The molecule has 2 aliphatic rings. The van der Waals surface area contributed by atoms with Crippen LogP contribution in [0.1, 0.15) is 27.7 Å². The molecular weight excluding hydrogens is 176 g/mol. The summed E-state index contributed by atoms with van der Waals surface area (Å²) in [5, 5.41) is 0. The van der Waals surface area contributed by atoms with Crippen molar-refractivity contribution in [1.82, 2.24) is 4.90 Å². The van der Waals surface area contributed by atoms with Crippen molar-refractivity contribution in [3.05, 3.63) is 0 Å². The van der Waals surface area contributed by atoms with Crippen LogP contribution in [0.2, 0.25) is 0 Å². The Morgan fingerprint density at radius 3 is 2.29 bits per heavy atom. The molecule has 0 radical (unpaired) electrons. The first-order chi connectivity index (χ1) is 6.34. The minimum atomic E-state index is -0.0968. The smallest absolute Gasteiger partial charge is 0.221 e. The number of rotatable bonds is 1. The highest BCUT2D eigenvalue weighted by atomic mass is 16.1. The molecule has 80 valence electrons. The molecule has 1 aliphatic carbocycles. The van der Waals surface area contributed by atoms with E-state index in [0.29, 0.717) is 17.9 Å². The minimum Gasteiger partial charge on any atom is -0.369 e. The third kappa shape index (κ3) is 1.26. The van der Waals surface area contributed by atoms with Crippen LogP contribution >= 0.6 is 0 Å². The van der Waals surface area contributed by atoms with E-state index in [9.17, 15) is 4.79 Å². The van der Waals surface area contributed by atoms with Crippen molar-refractivity contribution in [2.45, 2.75) is 39.3 Å². The summed E-state index contributed by atoms with van der Waals surface area (Å²) in [4.78, 5) is 13.6. The molecule has 14 heavy (non-hydrogen) atoms. The lowest BCUT2D eigenvalue weighted by Crippen LogP contribution is -2.46.